The lowest BCUT2D eigenvalue weighted by Crippen LogP contribution is -2.64. The smallest absolute Gasteiger partial charge is 0.216 e. The highest BCUT2D eigenvalue weighted by atomic mass is 32.2. The van der Waals surface area contributed by atoms with Gasteiger partial charge in [0.05, 0.1) is 11.9 Å². The van der Waals surface area contributed by atoms with E-state index in [1.165, 1.54) is 16.7 Å². The maximum Gasteiger partial charge on any atom is 0.216 e. The third-order valence-corrected chi connectivity index (χ3v) is 11.1. The van der Waals surface area contributed by atoms with E-state index in [9.17, 15) is 8.42 Å². The molecule has 38 heavy (non-hydrogen) atoms. The van der Waals surface area contributed by atoms with Crippen molar-refractivity contribution in [2.75, 3.05) is 26.2 Å². The fourth-order valence-corrected chi connectivity index (χ4v) is 9.04. The molecule has 0 spiro atoms. The summed E-state index contributed by atoms with van der Waals surface area (Å²) in [5.41, 5.74) is 3.68. The summed E-state index contributed by atoms with van der Waals surface area (Å²) in [6.45, 7) is 12.6. The van der Waals surface area contributed by atoms with Crippen molar-refractivity contribution in [2.45, 2.75) is 109 Å². The van der Waals surface area contributed by atoms with E-state index in [4.69, 9.17) is 4.74 Å². The number of hydrogen-bond donors (Lipinski definition) is 4. The third-order valence-electron chi connectivity index (χ3n) is 9.19. The number of sulfonamides is 1. The van der Waals surface area contributed by atoms with Crippen molar-refractivity contribution in [1.29, 1.82) is 0 Å². The van der Waals surface area contributed by atoms with Crippen molar-refractivity contribution in [3.63, 3.8) is 0 Å². The molecule has 7 atom stereocenters. The molecule has 3 heterocycles. The average molecular weight is 548 g/mol. The van der Waals surface area contributed by atoms with Crippen LogP contribution in [0.1, 0.15) is 81.5 Å². The van der Waals surface area contributed by atoms with Crippen LogP contribution in [-0.2, 0) is 14.8 Å². The number of rotatable bonds is 4. The average Bonchev–Trinajstić information content (AvgIpc) is 3.39. The highest BCUT2D eigenvalue weighted by Gasteiger charge is 2.40. The van der Waals surface area contributed by atoms with Crippen LogP contribution in [0.3, 0.4) is 0 Å². The maximum atomic E-state index is 13.7. The minimum atomic E-state index is -3.50. The van der Waals surface area contributed by atoms with Gasteiger partial charge in [-0.3, -0.25) is 15.5 Å². The van der Waals surface area contributed by atoms with E-state index < -0.39 is 16.3 Å². The predicted octanol–water partition coefficient (Wildman–Crippen LogP) is 3.12. The lowest BCUT2D eigenvalue weighted by atomic mass is 9.87. The van der Waals surface area contributed by atoms with Crippen molar-refractivity contribution in [3.8, 4) is 0 Å². The Morgan fingerprint density at radius 2 is 1.87 bits per heavy atom. The van der Waals surface area contributed by atoms with Crippen LogP contribution in [0.5, 0.6) is 0 Å². The Hall–Kier alpha value is -1.07. The van der Waals surface area contributed by atoms with Crippen LogP contribution < -0.4 is 20.7 Å². The van der Waals surface area contributed by atoms with Crippen molar-refractivity contribution >= 4 is 10.0 Å². The highest BCUT2D eigenvalue weighted by molar-refractivity contribution is 7.90. The number of nitrogens with zero attached hydrogens (tertiary/aromatic N) is 1. The fourth-order valence-electron chi connectivity index (χ4n) is 7.39. The Balaban J connectivity index is 1.48. The molecule has 1 aliphatic carbocycles. The SMILES string of the molecule is Cc1cccc(C)c1C1CC2NC(N1)NS(=O)(=O)C1CCCC(C1)CN(C1CCNC1)[C@H](CC(C)C)CO2. The molecule has 214 valence electrons. The van der Waals surface area contributed by atoms with Gasteiger partial charge in [0.25, 0.3) is 0 Å². The van der Waals surface area contributed by atoms with Gasteiger partial charge in [-0.25, -0.2) is 8.42 Å². The van der Waals surface area contributed by atoms with Crippen LogP contribution in [0.15, 0.2) is 18.2 Å². The number of fused-ring (bicyclic) bond motifs is 4. The molecular formula is C29H49N5O3S. The van der Waals surface area contributed by atoms with Gasteiger partial charge in [0, 0.05) is 37.6 Å². The summed E-state index contributed by atoms with van der Waals surface area (Å²) >= 11 is 0. The van der Waals surface area contributed by atoms with Crippen LogP contribution in [0.2, 0.25) is 0 Å². The number of nitrogens with one attached hydrogen (secondary N) is 4. The highest BCUT2D eigenvalue weighted by Crippen LogP contribution is 2.33. The molecule has 4 aliphatic rings. The van der Waals surface area contributed by atoms with Crippen LogP contribution in [-0.4, -0.2) is 69.4 Å². The van der Waals surface area contributed by atoms with Gasteiger partial charge >= 0.3 is 0 Å². The summed E-state index contributed by atoms with van der Waals surface area (Å²) in [4.78, 5) is 2.70. The molecule has 4 fully saturated rings. The molecule has 5 rings (SSSR count). The van der Waals surface area contributed by atoms with E-state index in [1.807, 2.05) is 0 Å². The summed E-state index contributed by atoms with van der Waals surface area (Å²) in [6, 6.07) is 7.16. The summed E-state index contributed by atoms with van der Waals surface area (Å²) < 4.78 is 37.1. The Bertz CT molecular complexity index is 1020. The second-order valence-corrected chi connectivity index (χ2v) is 14.6. The molecule has 0 radical (unpaired) electrons. The monoisotopic (exact) mass is 547 g/mol. The predicted molar refractivity (Wildman–Crippen MR) is 152 cm³/mol. The number of hydrogen-bond acceptors (Lipinski definition) is 7. The Kier molecular flexibility index (Phi) is 9.14. The van der Waals surface area contributed by atoms with E-state index >= 15 is 0 Å². The Morgan fingerprint density at radius 1 is 1.08 bits per heavy atom. The minimum Gasteiger partial charge on any atom is -0.362 e. The molecule has 0 amide bonds. The molecule has 8 nitrogen and oxygen atoms in total. The van der Waals surface area contributed by atoms with E-state index in [2.05, 4.69) is 71.5 Å². The second kappa shape index (κ2) is 12.2. The number of aryl methyl sites for hydroxylation is 2. The van der Waals surface area contributed by atoms with E-state index in [1.54, 1.807) is 0 Å². The molecule has 4 bridgehead atoms. The molecule has 9 heteroatoms. The topological polar surface area (TPSA) is 94.7 Å². The van der Waals surface area contributed by atoms with Crippen LogP contribution in [0.4, 0.5) is 0 Å². The van der Waals surface area contributed by atoms with E-state index in [0.717, 1.165) is 64.6 Å². The molecule has 3 saturated heterocycles. The van der Waals surface area contributed by atoms with Gasteiger partial charge in [-0.2, -0.15) is 4.72 Å². The number of benzene rings is 1. The molecule has 4 N–H and O–H groups in total. The van der Waals surface area contributed by atoms with Gasteiger partial charge in [0.2, 0.25) is 10.0 Å². The lowest BCUT2D eigenvalue weighted by Gasteiger charge is -2.41. The van der Waals surface area contributed by atoms with Gasteiger partial charge in [0.15, 0.2) is 0 Å². The maximum absolute atomic E-state index is 13.7. The molecule has 0 aromatic heterocycles. The van der Waals surface area contributed by atoms with Gasteiger partial charge in [-0.1, -0.05) is 38.5 Å². The molecular weight excluding hydrogens is 498 g/mol. The second-order valence-electron chi connectivity index (χ2n) is 12.6. The first-order valence-corrected chi connectivity index (χ1v) is 16.4. The third kappa shape index (κ3) is 6.62. The van der Waals surface area contributed by atoms with Gasteiger partial charge in [-0.05, 0) is 81.0 Å². The normalized spacial score (nSPS) is 36.8. The Labute approximate surface area is 230 Å². The molecule has 1 saturated carbocycles. The standard InChI is InChI=1S/C29H49N5O3S/c1-19(2)13-24-18-37-27-15-26(28-20(3)7-5-8-21(28)4)31-29(32-27)33-38(35,36)25-10-6-9-22(14-25)17-34(24)23-11-12-30-16-23/h5,7-8,19,22-27,29-33H,6,9-18H2,1-4H3/t22?,23?,24-,25?,26?,27?,29?/m1/s1. The molecule has 1 aromatic rings. The van der Waals surface area contributed by atoms with Crippen molar-refractivity contribution in [2.24, 2.45) is 11.8 Å². The zero-order chi connectivity index (χ0) is 26.9. The largest absolute Gasteiger partial charge is 0.362 e. The first kappa shape index (κ1) is 28.5. The zero-order valence-electron chi connectivity index (χ0n) is 23.7. The first-order chi connectivity index (χ1) is 18.2. The number of ether oxygens (including phenoxy) is 1. The molecule has 1 aromatic carbocycles. The lowest BCUT2D eigenvalue weighted by molar-refractivity contribution is -0.0529. The minimum absolute atomic E-state index is 0.00179. The van der Waals surface area contributed by atoms with Crippen molar-refractivity contribution < 1.29 is 13.2 Å². The molecule has 6 unspecified atom stereocenters. The summed E-state index contributed by atoms with van der Waals surface area (Å²) in [6.07, 6.45) is 5.71. The fraction of sp³-hybridized carbons (Fsp3) is 0.793. The van der Waals surface area contributed by atoms with Gasteiger partial charge in [-0.15, -0.1) is 0 Å². The quantitative estimate of drug-likeness (QED) is 0.460. The summed E-state index contributed by atoms with van der Waals surface area (Å²) in [5.74, 6) is 0.956. The summed E-state index contributed by atoms with van der Waals surface area (Å²) in [5, 5.41) is 10.3. The molecule has 3 aliphatic heterocycles. The van der Waals surface area contributed by atoms with Crippen LogP contribution in [0.25, 0.3) is 0 Å². The van der Waals surface area contributed by atoms with Gasteiger partial charge < -0.3 is 10.1 Å². The first-order valence-electron chi connectivity index (χ1n) is 14.9. The van der Waals surface area contributed by atoms with E-state index in [0.29, 0.717) is 30.5 Å². The van der Waals surface area contributed by atoms with Crippen LogP contribution in [0, 0.1) is 25.7 Å². The zero-order valence-corrected chi connectivity index (χ0v) is 24.5. The van der Waals surface area contributed by atoms with Crippen molar-refractivity contribution in [1.82, 2.24) is 25.6 Å². The van der Waals surface area contributed by atoms with E-state index in [-0.39, 0.29) is 17.5 Å². The van der Waals surface area contributed by atoms with Gasteiger partial charge in [0.1, 0.15) is 12.5 Å². The summed E-state index contributed by atoms with van der Waals surface area (Å²) in [7, 11) is -3.50. The van der Waals surface area contributed by atoms with Crippen LogP contribution >= 0.6 is 0 Å². The van der Waals surface area contributed by atoms with Crippen molar-refractivity contribution in [3.05, 3.63) is 34.9 Å². The Morgan fingerprint density at radius 3 is 2.58 bits per heavy atom.